The molecule has 3 heterocycles. The molecule has 25 heavy (non-hydrogen) atoms. The third-order valence-electron chi connectivity index (χ3n) is 4.41. The van der Waals surface area contributed by atoms with Crippen LogP contribution in [0.2, 0.25) is 0 Å². The van der Waals surface area contributed by atoms with Crippen LogP contribution in [0.1, 0.15) is 12.8 Å². The van der Waals surface area contributed by atoms with Gasteiger partial charge < -0.3 is 9.64 Å². The van der Waals surface area contributed by atoms with Crippen LogP contribution >= 0.6 is 11.3 Å². The smallest absolute Gasteiger partial charge is 0.208 e. The largest absolute Gasteiger partial charge is 0.493 e. The van der Waals surface area contributed by atoms with Crippen LogP contribution in [-0.4, -0.2) is 34.9 Å². The summed E-state index contributed by atoms with van der Waals surface area (Å²) in [5.74, 6) is 1.55. The number of pyridine rings is 1. The van der Waals surface area contributed by atoms with Crippen molar-refractivity contribution in [1.82, 2.24) is 15.2 Å². The zero-order valence-corrected chi connectivity index (χ0v) is 14.7. The van der Waals surface area contributed by atoms with Crippen LogP contribution in [-0.2, 0) is 0 Å². The summed E-state index contributed by atoms with van der Waals surface area (Å²) in [5, 5.41) is 10.5. The fraction of sp³-hybridized carbons (Fsp3) is 0.316. The van der Waals surface area contributed by atoms with Crippen molar-refractivity contribution in [3.05, 3.63) is 54.7 Å². The Morgan fingerprint density at radius 3 is 2.56 bits per heavy atom. The Labute approximate surface area is 151 Å². The summed E-state index contributed by atoms with van der Waals surface area (Å²) in [6.07, 6.45) is 4.02. The maximum absolute atomic E-state index is 5.90. The van der Waals surface area contributed by atoms with E-state index in [9.17, 15) is 0 Å². The molecule has 0 spiro atoms. The predicted octanol–water partition coefficient (Wildman–Crippen LogP) is 3.90. The first-order valence-electron chi connectivity index (χ1n) is 8.56. The monoisotopic (exact) mass is 352 g/mol. The average molecular weight is 352 g/mol. The van der Waals surface area contributed by atoms with Crippen molar-refractivity contribution >= 4 is 16.5 Å². The van der Waals surface area contributed by atoms with E-state index in [1.54, 1.807) is 17.5 Å². The second-order valence-corrected chi connectivity index (χ2v) is 7.12. The van der Waals surface area contributed by atoms with E-state index < -0.39 is 0 Å². The number of nitrogens with zero attached hydrogens (tertiary/aromatic N) is 4. The molecule has 1 aliphatic rings. The van der Waals surface area contributed by atoms with Crippen molar-refractivity contribution in [2.24, 2.45) is 5.92 Å². The molecule has 0 amide bonds. The standard InChI is InChI=1S/C19H20N4OS/c1-2-6-16(7-3-1)24-14-15-9-12-23(13-10-15)19-22-21-18(25-19)17-8-4-5-11-20-17/h1-8,11,15H,9-10,12-14H2. The number of para-hydroxylation sites is 1. The number of aromatic nitrogens is 3. The molecule has 128 valence electrons. The topological polar surface area (TPSA) is 51.1 Å². The average Bonchev–Trinajstić information content (AvgIpc) is 3.19. The highest BCUT2D eigenvalue weighted by atomic mass is 32.1. The molecule has 0 saturated carbocycles. The first-order chi connectivity index (χ1) is 12.4. The van der Waals surface area contributed by atoms with Crippen LogP contribution < -0.4 is 9.64 Å². The Kier molecular flexibility index (Phi) is 4.88. The number of hydrogen-bond donors (Lipinski definition) is 0. The molecule has 4 rings (SSSR count). The van der Waals surface area contributed by atoms with E-state index in [4.69, 9.17) is 4.74 Å². The van der Waals surface area contributed by atoms with Crippen LogP contribution in [0.4, 0.5) is 5.13 Å². The van der Waals surface area contributed by atoms with Crippen molar-refractivity contribution in [2.45, 2.75) is 12.8 Å². The highest BCUT2D eigenvalue weighted by molar-refractivity contribution is 7.18. The van der Waals surface area contributed by atoms with Crippen LogP contribution in [0.5, 0.6) is 5.75 Å². The van der Waals surface area contributed by atoms with Crippen molar-refractivity contribution in [3.63, 3.8) is 0 Å². The second kappa shape index (κ2) is 7.61. The van der Waals surface area contributed by atoms with Gasteiger partial charge in [-0.2, -0.15) is 0 Å². The van der Waals surface area contributed by atoms with Crippen LogP contribution in [0.25, 0.3) is 10.7 Å². The zero-order valence-electron chi connectivity index (χ0n) is 13.9. The summed E-state index contributed by atoms with van der Waals surface area (Å²) in [4.78, 5) is 6.67. The van der Waals surface area contributed by atoms with Gasteiger partial charge in [0.1, 0.15) is 11.4 Å². The molecule has 0 unspecified atom stereocenters. The molecular formula is C19H20N4OS. The summed E-state index contributed by atoms with van der Waals surface area (Å²) >= 11 is 1.61. The van der Waals surface area contributed by atoms with E-state index in [2.05, 4.69) is 20.1 Å². The Hall–Kier alpha value is -2.47. The van der Waals surface area contributed by atoms with Crippen LogP contribution in [0, 0.1) is 5.92 Å². The molecule has 6 heteroatoms. The molecule has 3 aromatic rings. The quantitative estimate of drug-likeness (QED) is 0.697. The molecule has 5 nitrogen and oxygen atoms in total. The minimum absolute atomic E-state index is 0.597. The molecule has 0 radical (unpaired) electrons. The number of hydrogen-bond acceptors (Lipinski definition) is 6. The van der Waals surface area contributed by atoms with Gasteiger partial charge in [0.25, 0.3) is 0 Å². The molecular weight excluding hydrogens is 332 g/mol. The minimum atomic E-state index is 0.597. The van der Waals surface area contributed by atoms with Gasteiger partial charge >= 0.3 is 0 Å². The number of piperidine rings is 1. The fourth-order valence-electron chi connectivity index (χ4n) is 2.96. The lowest BCUT2D eigenvalue weighted by molar-refractivity contribution is 0.223. The first-order valence-corrected chi connectivity index (χ1v) is 9.38. The number of rotatable bonds is 5. The third-order valence-corrected chi connectivity index (χ3v) is 5.42. The van der Waals surface area contributed by atoms with Gasteiger partial charge in [-0.15, -0.1) is 10.2 Å². The third kappa shape index (κ3) is 3.96. The van der Waals surface area contributed by atoms with E-state index >= 15 is 0 Å². The van der Waals surface area contributed by atoms with Gasteiger partial charge in [-0.25, -0.2) is 0 Å². The Morgan fingerprint density at radius 1 is 1.00 bits per heavy atom. The summed E-state index contributed by atoms with van der Waals surface area (Å²) in [7, 11) is 0. The normalized spacial score (nSPS) is 15.3. The van der Waals surface area contributed by atoms with Gasteiger partial charge in [-0.3, -0.25) is 4.98 Å². The molecule has 0 N–H and O–H groups in total. The van der Waals surface area contributed by atoms with E-state index in [0.29, 0.717) is 5.92 Å². The number of benzene rings is 1. The summed E-state index contributed by atoms with van der Waals surface area (Å²) in [6.45, 7) is 2.78. The predicted molar refractivity (Wildman–Crippen MR) is 100 cm³/mol. The maximum atomic E-state index is 5.90. The zero-order chi connectivity index (χ0) is 16.9. The van der Waals surface area contributed by atoms with Gasteiger partial charge in [0.15, 0.2) is 5.01 Å². The van der Waals surface area contributed by atoms with Crippen molar-refractivity contribution in [3.8, 4) is 16.5 Å². The second-order valence-electron chi connectivity index (χ2n) is 6.16. The van der Waals surface area contributed by atoms with Crippen molar-refractivity contribution in [1.29, 1.82) is 0 Å². The highest BCUT2D eigenvalue weighted by Crippen LogP contribution is 2.30. The van der Waals surface area contributed by atoms with E-state index in [1.165, 1.54) is 0 Å². The lowest BCUT2D eigenvalue weighted by Crippen LogP contribution is -2.35. The van der Waals surface area contributed by atoms with Gasteiger partial charge in [-0.1, -0.05) is 35.6 Å². The van der Waals surface area contributed by atoms with E-state index in [-0.39, 0.29) is 0 Å². The minimum Gasteiger partial charge on any atom is -0.493 e. The van der Waals surface area contributed by atoms with Crippen molar-refractivity contribution < 1.29 is 4.74 Å². The molecule has 1 aliphatic heterocycles. The summed E-state index contributed by atoms with van der Waals surface area (Å²) in [6, 6.07) is 15.9. The van der Waals surface area contributed by atoms with Gasteiger partial charge in [0, 0.05) is 19.3 Å². The molecule has 2 aromatic heterocycles. The molecule has 1 aromatic carbocycles. The SMILES string of the molecule is c1ccc(OCC2CCN(c3nnc(-c4ccccn4)s3)CC2)cc1. The number of ether oxygens (including phenoxy) is 1. The fourth-order valence-corrected chi connectivity index (χ4v) is 3.83. The Bertz CT molecular complexity index is 785. The molecule has 1 fully saturated rings. The van der Waals surface area contributed by atoms with Crippen LogP contribution in [0.15, 0.2) is 54.7 Å². The van der Waals surface area contributed by atoms with Crippen LogP contribution in [0.3, 0.4) is 0 Å². The molecule has 0 atom stereocenters. The van der Waals surface area contributed by atoms with Crippen molar-refractivity contribution in [2.75, 3.05) is 24.6 Å². The molecule has 0 aliphatic carbocycles. The van der Waals surface area contributed by atoms with Gasteiger partial charge in [0.05, 0.1) is 6.61 Å². The van der Waals surface area contributed by atoms with E-state index in [0.717, 1.165) is 54.1 Å². The molecule has 0 bridgehead atoms. The van der Waals surface area contributed by atoms with E-state index in [1.807, 2.05) is 48.5 Å². The van der Waals surface area contributed by atoms with Gasteiger partial charge in [-0.05, 0) is 43.0 Å². The maximum Gasteiger partial charge on any atom is 0.208 e. The lowest BCUT2D eigenvalue weighted by atomic mass is 9.98. The Balaban J connectivity index is 1.31. The first kappa shape index (κ1) is 16.0. The number of anilines is 1. The lowest BCUT2D eigenvalue weighted by Gasteiger charge is -2.31. The summed E-state index contributed by atoms with van der Waals surface area (Å²) < 4.78 is 5.90. The highest BCUT2D eigenvalue weighted by Gasteiger charge is 2.22. The van der Waals surface area contributed by atoms with Gasteiger partial charge in [0.2, 0.25) is 5.13 Å². The summed E-state index contributed by atoms with van der Waals surface area (Å²) in [5.41, 5.74) is 0.886. The Morgan fingerprint density at radius 2 is 1.80 bits per heavy atom. The molecule has 1 saturated heterocycles.